The number of amides is 1. The van der Waals surface area contributed by atoms with E-state index >= 15 is 0 Å². The minimum absolute atomic E-state index is 0.177. The summed E-state index contributed by atoms with van der Waals surface area (Å²) in [5.41, 5.74) is 2.85. The molecular formula is C16H16ClN3O2S. The molecule has 1 amide bonds. The molecule has 0 aliphatic carbocycles. The zero-order valence-electron chi connectivity index (χ0n) is 12.7. The van der Waals surface area contributed by atoms with Crippen LogP contribution in [-0.4, -0.2) is 16.3 Å². The van der Waals surface area contributed by atoms with E-state index in [2.05, 4.69) is 5.32 Å². The summed E-state index contributed by atoms with van der Waals surface area (Å²) in [6, 6.07) is 10.8. The van der Waals surface area contributed by atoms with Gasteiger partial charge in [0, 0.05) is 5.69 Å². The molecule has 2 atom stereocenters. The summed E-state index contributed by atoms with van der Waals surface area (Å²) in [5.74, 6) is -0.177. The number of nitrogens with zero attached hydrogens (tertiary/aromatic N) is 1. The first-order valence-corrected chi connectivity index (χ1v) is 8.64. The number of hydrogen-bond acceptors (Lipinski definition) is 3. The Bertz CT molecular complexity index is 825. The fraction of sp³-hybridized carbons (Fsp3) is 0.188. The van der Waals surface area contributed by atoms with Crippen molar-refractivity contribution in [3.05, 3.63) is 52.5 Å². The summed E-state index contributed by atoms with van der Waals surface area (Å²) in [6.07, 6.45) is -0.235. The molecule has 0 spiro atoms. The van der Waals surface area contributed by atoms with E-state index in [1.807, 2.05) is 38.1 Å². The van der Waals surface area contributed by atoms with Gasteiger partial charge in [0.15, 0.2) is 0 Å². The van der Waals surface area contributed by atoms with Gasteiger partial charge in [-0.1, -0.05) is 29.8 Å². The SMILES string of the molecule is Cc1ccccc1N1C(=O)c2cc([S@@](N)=O)c(Cl)cc2N[C@@H]1C. The van der Waals surface area contributed by atoms with E-state index in [0.717, 1.165) is 11.3 Å². The quantitative estimate of drug-likeness (QED) is 0.875. The van der Waals surface area contributed by atoms with Gasteiger partial charge >= 0.3 is 0 Å². The Morgan fingerprint density at radius 1 is 1.30 bits per heavy atom. The van der Waals surface area contributed by atoms with Crippen LogP contribution in [0.2, 0.25) is 5.02 Å². The van der Waals surface area contributed by atoms with Crippen LogP contribution in [0, 0.1) is 6.92 Å². The third-order valence-electron chi connectivity index (χ3n) is 3.86. The Balaban J connectivity index is 2.13. The molecule has 3 rings (SSSR count). The third kappa shape index (κ3) is 2.73. The lowest BCUT2D eigenvalue weighted by molar-refractivity contribution is 0.0976. The summed E-state index contributed by atoms with van der Waals surface area (Å²) in [7, 11) is -1.75. The Morgan fingerprint density at radius 3 is 2.65 bits per heavy atom. The molecule has 2 aromatic carbocycles. The lowest BCUT2D eigenvalue weighted by Gasteiger charge is -2.37. The van der Waals surface area contributed by atoms with E-state index in [1.54, 1.807) is 11.0 Å². The Morgan fingerprint density at radius 2 is 2.00 bits per heavy atom. The number of halogens is 1. The zero-order chi connectivity index (χ0) is 16.7. The van der Waals surface area contributed by atoms with Gasteiger partial charge in [0.25, 0.3) is 5.91 Å². The normalized spacial score (nSPS) is 18.3. The summed E-state index contributed by atoms with van der Waals surface area (Å²) < 4.78 is 11.6. The van der Waals surface area contributed by atoms with Gasteiger partial charge in [-0.05, 0) is 37.6 Å². The van der Waals surface area contributed by atoms with Crippen LogP contribution in [-0.2, 0) is 11.0 Å². The fourth-order valence-corrected chi connectivity index (χ4v) is 3.63. The van der Waals surface area contributed by atoms with Crippen molar-refractivity contribution in [2.24, 2.45) is 5.14 Å². The molecular weight excluding hydrogens is 334 g/mol. The van der Waals surface area contributed by atoms with Gasteiger partial charge in [0.1, 0.15) is 17.2 Å². The van der Waals surface area contributed by atoms with Gasteiger partial charge in [-0.25, -0.2) is 9.35 Å². The number of anilines is 2. The van der Waals surface area contributed by atoms with Crippen molar-refractivity contribution in [3.8, 4) is 0 Å². The summed E-state index contributed by atoms with van der Waals surface area (Å²) in [5, 5.41) is 8.97. The smallest absolute Gasteiger partial charge is 0.262 e. The Hall–Kier alpha value is -1.89. The van der Waals surface area contributed by atoms with Crippen LogP contribution in [0.25, 0.3) is 0 Å². The van der Waals surface area contributed by atoms with Crippen molar-refractivity contribution in [2.75, 3.05) is 10.2 Å². The van der Waals surface area contributed by atoms with Crippen LogP contribution in [0.4, 0.5) is 11.4 Å². The fourth-order valence-electron chi connectivity index (χ4n) is 2.75. The largest absolute Gasteiger partial charge is 0.364 e. The number of hydrogen-bond donors (Lipinski definition) is 2. The number of carbonyl (C=O) groups is 1. The van der Waals surface area contributed by atoms with Gasteiger partial charge < -0.3 is 5.32 Å². The highest BCUT2D eigenvalue weighted by atomic mass is 35.5. The van der Waals surface area contributed by atoms with Crippen molar-refractivity contribution >= 4 is 39.9 Å². The maximum absolute atomic E-state index is 13.0. The maximum Gasteiger partial charge on any atom is 0.262 e. The van der Waals surface area contributed by atoms with Crippen LogP contribution in [0.3, 0.4) is 0 Å². The topological polar surface area (TPSA) is 75.4 Å². The number of nitrogens with two attached hydrogens (primary N) is 1. The molecule has 0 radical (unpaired) electrons. The summed E-state index contributed by atoms with van der Waals surface area (Å²) >= 11 is 6.09. The van der Waals surface area contributed by atoms with E-state index in [9.17, 15) is 9.00 Å². The molecule has 1 aliphatic rings. The number of aryl methyl sites for hydroxylation is 1. The highest BCUT2D eigenvalue weighted by Gasteiger charge is 2.32. The highest BCUT2D eigenvalue weighted by Crippen LogP contribution is 2.34. The minimum atomic E-state index is -1.75. The first kappa shape index (κ1) is 16.0. The number of nitrogens with one attached hydrogen (secondary N) is 1. The molecule has 0 fully saturated rings. The molecule has 0 saturated heterocycles. The number of fused-ring (bicyclic) bond motifs is 1. The second-order valence-corrected chi connectivity index (χ2v) is 6.85. The van der Waals surface area contributed by atoms with Crippen molar-refractivity contribution in [2.45, 2.75) is 24.9 Å². The van der Waals surface area contributed by atoms with Gasteiger partial charge in [-0.2, -0.15) is 0 Å². The van der Waals surface area contributed by atoms with Crippen molar-refractivity contribution < 1.29 is 9.00 Å². The summed E-state index contributed by atoms with van der Waals surface area (Å²) in [4.78, 5) is 14.9. The van der Waals surface area contributed by atoms with E-state index in [-0.39, 0.29) is 22.0 Å². The van der Waals surface area contributed by atoms with Gasteiger partial charge in [-0.15, -0.1) is 0 Å². The second kappa shape index (κ2) is 5.96. The van der Waals surface area contributed by atoms with Crippen molar-refractivity contribution in [1.29, 1.82) is 0 Å². The highest BCUT2D eigenvalue weighted by molar-refractivity contribution is 7.82. The molecule has 2 aromatic rings. The van der Waals surface area contributed by atoms with Crippen LogP contribution < -0.4 is 15.4 Å². The molecule has 0 aromatic heterocycles. The molecule has 7 heteroatoms. The molecule has 0 unspecified atom stereocenters. The van der Waals surface area contributed by atoms with Crippen LogP contribution >= 0.6 is 11.6 Å². The van der Waals surface area contributed by atoms with Gasteiger partial charge in [0.05, 0.1) is 21.2 Å². The van der Waals surface area contributed by atoms with E-state index < -0.39 is 11.0 Å². The average Bonchev–Trinajstić information content (AvgIpc) is 2.48. The summed E-state index contributed by atoms with van der Waals surface area (Å²) in [6.45, 7) is 3.85. The van der Waals surface area contributed by atoms with Crippen molar-refractivity contribution in [3.63, 3.8) is 0 Å². The molecule has 0 saturated carbocycles. The van der Waals surface area contributed by atoms with E-state index in [0.29, 0.717) is 11.3 Å². The standard InChI is InChI=1S/C16H16ClN3O2S/c1-9-5-3-4-6-14(9)20-10(2)19-13-8-12(17)15(23(18)22)7-11(13)16(20)21/h3-8,10,19H,18H2,1-2H3/t10-,23-/m0/s1. The molecule has 1 aliphatic heterocycles. The molecule has 120 valence electrons. The first-order chi connectivity index (χ1) is 10.9. The van der Waals surface area contributed by atoms with E-state index in [4.69, 9.17) is 16.7 Å². The van der Waals surface area contributed by atoms with Crippen molar-refractivity contribution in [1.82, 2.24) is 0 Å². The number of para-hydroxylation sites is 1. The lowest BCUT2D eigenvalue weighted by atomic mass is 10.1. The first-order valence-electron chi connectivity index (χ1n) is 7.05. The lowest BCUT2D eigenvalue weighted by Crippen LogP contribution is -2.47. The number of rotatable bonds is 2. The maximum atomic E-state index is 13.0. The molecule has 5 nitrogen and oxygen atoms in total. The van der Waals surface area contributed by atoms with Gasteiger partial charge in [0.2, 0.25) is 0 Å². The predicted molar refractivity (Wildman–Crippen MR) is 93.1 cm³/mol. The second-order valence-electron chi connectivity index (χ2n) is 5.41. The van der Waals surface area contributed by atoms with Crippen LogP contribution in [0.1, 0.15) is 22.8 Å². The Labute approximate surface area is 142 Å². The molecule has 3 N–H and O–H groups in total. The van der Waals surface area contributed by atoms with E-state index in [1.165, 1.54) is 6.07 Å². The third-order valence-corrected chi connectivity index (χ3v) is 5.06. The predicted octanol–water partition coefficient (Wildman–Crippen LogP) is 3.05. The molecule has 23 heavy (non-hydrogen) atoms. The van der Waals surface area contributed by atoms with Gasteiger partial charge in [-0.3, -0.25) is 9.69 Å². The Kier molecular flexibility index (Phi) is 4.14. The average molecular weight is 350 g/mol. The number of benzene rings is 2. The number of carbonyl (C=O) groups excluding carboxylic acids is 1. The van der Waals surface area contributed by atoms with Crippen LogP contribution in [0.5, 0.6) is 0 Å². The van der Waals surface area contributed by atoms with Crippen LogP contribution in [0.15, 0.2) is 41.3 Å². The molecule has 1 heterocycles. The zero-order valence-corrected chi connectivity index (χ0v) is 14.2. The minimum Gasteiger partial charge on any atom is -0.364 e. The molecule has 0 bridgehead atoms. The monoisotopic (exact) mass is 349 g/mol.